The highest BCUT2D eigenvalue weighted by atomic mass is 16.5. The summed E-state index contributed by atoms with van der Waals surface area (Å²) in [5.74, 6) is 0.285. The van der Waals surface area contributed by atoms with Gasteiger partial charge in [0.15, 0.2) is 5.78 Å². The number of ether oxygens (including phenoxy) is 2. The monoisotopic (exact) mass is 326 g/mol. The second-order valence-electron chi connectivity index (χ2n) is 5.35. The number of rotatable bonds is 8. The van der Waals surface area contributed by atoms with Crippen LogP contribution >= 0.6 is 0 Å². The first-order chi connectivity index (χ1) is 11.7. The molecule has 0 bridgehead atoms. The van der Waals surface area contributed by atoms with Crippen LogP contribution in [-0.4, -0.2) is 25.0 Å². The molecule has 0 atom stereocenters. The van der Waals surface area contributed by atoms with Gasteiger partial charge in [0.1, 0.15) is 5.75 Å². The number of benzene rings is 2. The number of carbonyl (C=O) groups excluding carboxylic acids is 2. The van der Waals surface area contributed by atoms with Gasteiger partial charge in [0.05, 0.1) is 18.8 Å². The molecule has 0 saturated carbocycles. The van der Waals surface area contributed by atoms with Crippen LogP contribution in [-0.2, 0) is 4.74 Å². The highest BCUT2D eigenvalue weighted by Gasteiger charge is 2.11. The van der Waals surface area contributed by atoms with Crippen molar-refractivity contribution >= 4 is 11.8 Å². The van der Waals surface area contributed by atoms with Gasteiger partial charge < -0.3 is 9.47 Å². The quantitative estimate of drug-likeness (QED) is 0.413. The lowest BCUT2D eigenvalue weighted by atomic mass is 10.0. The van der Waals surface area contributed by atoms with E-state index < -0.39 is 0 Å². The molecule has 0 radical (unpaired) electrons. The molecule has 4 heteroatoms. The van der Waals surface area contributed by atoms with Crippen LogP contribution in [0.25, 0.3) is 0 Å². The van der Waals surface area contributed by atoms with Crippen molar-refractivity contribution in [1.82, 2.24) is 0 Å². The van der Waals surface area contributed by atoms with E-state index in [-0.39, 0.29) is 11.8 Å². The highest BCUT2D eigenvalue weighted by Crippen LogP contribution is 2.16. The molecule has 0 aliphatic rings. The summed E-state index contributed by atoms with van der Waals surface area (Å²) in [6.07, 6.45) is 2.09. The van der Waals surface area contributed by atoms with Gasteiger partial charge >= 0.3 is 5.97 Å². The maximum absolute atomic E-state index is 12.5. The van der Waals surface area contributed by atoms with Gasteiger partial charge in [0, 0.05) is 11.1 Å². The highest BCUT2D eigenvalue weighted by molar-refractivity contribution is 6.09. The van der Waals surface area contributed by atoms with Gasteiger partial charge in [-0.25, -0.2) is 4.79 Å². The molecule has 24 heavy (non-hydrogen) atoms. The maximum atomic E-state index is 12.5. The summed E-state index contributed by atoms with van der Waals surface area (Å²) in [6, 6.07) is 13.6. The molecule has 0 amide bonds. The molecule has 0 heterocycles. The van der Waals surface area contributed by atoms with Gasteiger partial charge in [-0.3, -0.25) is 4.79 Å². The zero-order valence-electron chi connectivity index (χ0n) is 14.1. The van der Waals surface area contributed by atoms with Crippen molar-refractivity contribution in [2.45, 2.75) is 26.7 Å². The first kappa shape index (κ1) is 17.7. The number of hydrogen-bond acceptors (Lipinski definition) is 4. The third-order valence-electron chi connectivity index (χ3n) is 3.54. The van der Waals surface area contributed by atoms with Crippen LogP contribution < -0.4 is 4.74 Å². The normalized spacial score (nSPS) is 10.2. The van der Waals surface area contributed by atoms with Crippen molar-refractivity contribution in [3.8, 4) is 5.75 Å². The number of unbranched alkanes of at least 4 members (excludes halogenated alkanes) is 1. The molecule has 0 aliphatic carbocycles. The third-order valence-corrected chi connectivity index (χ3v) is 3.54. The van der Waals surface area contributed by atoms with Crippen molar-refractivity contribution in [1.29, 1.82) is 0 Å². The van der Waals surface area contributed by atoms with E-state index in [1.807, 2.05) is 0 Å². The van der Waals surface area contributed by atoms with Gasteiger partial charge in [0.2, 0.25) is 0 Å². The van der Waals surface area contributed by atoms with E-state index in [0.29, 0.717) is 29.9 Å². The van der Waals surface area contributed by atoms with Gasteiger partial charge in [0.25, 0.3) is 0 Å². The van der Waals surface area contributed by atoms with Gasteiger partial charge in [-0.05, 0) is 49.7 Å². The predicted molar refractivity (Wildman–Crippen MR) is 92.7 cm³/mol. The second kappa shape index (κ2) is 8.87. The maximum Gasteiger partial charge on any atom is 0.338 e. The number of carbonyl (C=O) groups is 2. The SMILES string of the molecule is CCCCOc1ccc(C(=O)c2ccc(C(=O)OCC)cc2)cc1. The Morgan fingerprint density at radius 3 is 1.92 bits per heavy atom. The molecule has 0 spiro atoms. The van der Waals surface area contributed by atoms with Gasteiger partial charge in [-0.1, -0.05) is 25.5 Å². The summed E-state index contributed by atoms with van der Waals surface area (Å²) in [5, 5.41) is 0. The smallest absolute Gasteiger partial charge is 0.338 e. The summed E-state index contributed by atoms with van der Waals surface area (Å²) in [7, 11) is 0. The zero-order valence-corrected chi connectivity index (χ0v) is 14.1. The van der Waals surface area contributed by atoms with Gasteiger partial charge in [-0.15, -0.1) is 0 Å². The Labute approximate surface area is 142 Å². The molecule has 0 aliphatic heterocycles. The van der Waals surface area contributed by atoms with Crippen molar-refractivity contribution in [3.63, 3.8) is 0 Å². The Morgan fingerprint density at radius 1 is 0.833 bits per heavy atom. The molecular weight excluding hydrogens is 304 g/mol. The van der Waals surface area contributed by atoms with Crippen LogP contribution in [0.3, 0.4) is 0 Å². The Hall–Kier alpha value is -2.62. The minimum Gasteiger partial charge on any atom is -0.494 e. The minimum absolute atomic E-state index is 0.0921. The zero-order chi connectivity index (χ0) is 17.4. The fourth-order valence-electron chi connectivity index (χ4n) is 2.18. The average Bonchev–Trinajstić information content (AvgIpc) is 2.62. The standard InChI is InChI=1S/C20H22O4/c1-3-5-14-24-18-12-10-16(11-13-18)19(21)15-6-8-17(9-7-15)20(22)23-4-2/h6-13H,3-5,14H2,1-2H3. The van der Waals surface area contributed by atoms with Crippen LogP contribution in [0, 0.1) is 0 Å². The second-order valence-corrected chi connectivity index (χ2v) is 5.35. The molecule has 0 saturated heterocycles. The molecule has 0 aromatic heterocycles. The lowest BCUT2D eigenvalue weighted by Crippen LogP contribution is -2.06. The summed E-state index contributed by atoms with van der Waals surface area (Å²) < 4.78 is 10.5. The Morgan fingerprint density at radius 2 is 1.38 bits per heavy atom. The summed E-state index contributed by atoms with van der Waals surface area (Å²) in [4.78, 5) is 24.1. The van der Waals surface area contributed by atoms with E-state index in [0.717, 1.165) is 18.6 Å². The van der Waals surface area contributed by atoms with E-state index >= 15 is 0 Å². The molecule has 0 N–H and O–H groups in total. The average molecular weight is 326 g/mol. The van der Waals surface area contributed by atoms with E-state index in [1.165, 1.54) is 0 Å². The first-order valence-electron chi connectivity index (χ1n) is 8.20. The molecule has 0 unspecified atom stereocenters. The van der Waals surface area contributed by atoms with Crippen LogP contribution in [0.2, 0.25) is 0 Å². The molecule has 126 valence electrons. The van der Waals surface area contributed by atoms with E-state index in [2.05, 4.69) is 6.92 Å². The number of esters is 1. The van der Waals surface area contributed by atoms with E-state index in [1.54, 1.807) is 55.5 Å². The number of ketones is 1. The molecule has 4 nitrogen and oxygen atoms in total. The van der Waals surface area contributed by atoms with E-state index in [9.17, 15) is 9.59 Å². The molecular formula is C20H22O4. The summed E-state index contributed by atoms with van der Waals surface area (Å²) >= 11 is 0. The van der Waals surface area contributed by atoms with Crippen LogP contribution in [0.15, 0.2) is 48.5 Å². The van der Waals surface area contributed by atoms with Crippen molar-refractivity contribution < 1.29 is 19.1 Å². The van der Waals surface area contributed by atoms with Crippen molar-refractivity contribution in [2.75, 3.05) is 13.2 Å². The third kappa shape index (κ3) is 4.69. The molecule has 0 fully saturated rings. The fourth-order valence-corrected chi connectivity index (χ4v) is 2.18. The summed E-state index contributed by atoms with van der Waals surface area (Å²) in [6.45, 7) is 4.87. The Balaban J connectivity index is 2.04. The minimum atomic E-state index is -0.384. The molecule has 2 aromatic carbocycles. The van der Waals surface area contributed by atoms with Crippen LogP contribution in [0.1, 0.15) is 53.0 Å². The lowest BCUT2D eigenvalue weighted by molar-refractivity contribution is 0.0526. The number of hydrogen-bond donors (Lipinski definition) is 0. The van der Waals surface area contributed by atoms with Crippen LogP contribution in [0.4, 0.5) is 0 Å². The summed E-state index contributed by atoms with van der Waals surface area (Å²) in [5.41, 5.74) is 1.55. The molecule has 2 rings (SSSR count). The first-order valence-corrected chi connectivity index (χ1v) is 8.20. The molecule has 2 aromatic rings. The van der Waals surface area contributed by atoms with E-state index in [4.69, 9.17) is 9.47 Å². The lowest BCUT2D eigenvalue weighted by Gasteiger charge is -2.07. The topological polar surface area (TPSA) is 52.6 Å². The van der Waals surface area contributed by atoms with Crippen molar-refractivity contribution in [2.24, 2.45) is 0 Å². The largest absolute Gasteiger partial charge is 0.494 e. The van der Waals surface area contributed by atoms with Gasteiger partial charge in [-0.2, -0.15) is 0 Å². The predicted octanol–water partition coefficient (Wildman–Crippen LogP) is 4.27. The fraction of sp³-hybridized carbons (Fsp3) is 0.300. The Kier molecular flexibility index (Phi) is 6.55. The van der Waals surface area contributed by atoms with Crippen LogP contribution in [0.5, 0.6) is 5.75 Å². The Bertz CT molecular complexity index is 672. The van der Waals surface area contributed by atoms with Crippen molar-refractivity contribution in [3.05, 3.63) is 65.2 Å².